The monoisotopic (exact) mass is 562 g/mol. The lowest BCUT2D eigenvalue weighted by molar-refractivity contribution is -0.294. The Hall–Kier alpha value is -3.69. The summed E-state index contributed by atoms with van der Waals surface area (Å²) in [6.45, 7) is 1.38. The predicted octanol–water partition coefficient (Wildman–Crippen LogP) is 4.67. The molecule has 0 spiro atoms. The largest absolute Gasteiger partial charge is 0.493 e. The summed E-state index contributed by atoms with van der Waals surface area (Å²) in [7, 11) is 0.516. The van der Waals surface area contributed by atoms with Crippen molar-refractivity contribution in [2.75, 3.05) is 19.0 Å². The molecule has 1 atom stereocenters. The molecule has 2 aromatic rings. The summed E-state index contributed by atoms with van der Waals surface area (Å²) in [4.78, 5) is 24.2. The van der Waals surface area contributed by atoms with Crippen molar-refractivity contribution in [3.8, 4) is 5.75 Å². The van der Waals surface area contributed by atoms with Crippen LogP contribution in [-0.2, 0) is 15.1 Å². The predicted molar refractivity (Wildman–Crippen MR) is 112 cm³/mol. The number of carbonyl (C=O) groups excluding carboxylic acids is 2. The van der Waals surface area contributed by atoms with Crippen LogP contribution < -0.4 is 15.4 Å². The van der Waals surface area contributed by atoms with Crippen molar-refractivity contribution in [1.82, 2.24) is 5.32 Å². The van der Waals surface area contributed by atoms with Crippen molar-refractivity contribution in [3.63, 3.8) is 0 Å². The van der Waals surface area contributed by atoms with Gasteiger partial charge in [0.15, 0.2) is 0 Å². The summed E-state index contributed by atoms with van der Waals surface area (Å²) in [5, 5.41) is 11.9. The number of nitrogens with one attached hydrogen (secondary N) is 2. The van der Waals surface area contributed by atoms with Gasteiger partial charge < -0.3 is 25.2 Å². The number of anilines is 1. The van der Waals surface area contributed by atoms with Crippen molar-refractivity contribution in [1.29, 1.82) is 0 Å². The summed E-state index contributed by atoms with van der Waals surface area (Å²) in [6.07, 6.45) is -18.2. The molecule has 7 nitrogen and oxygen atoms in total. The molecule has 38 heavy (non-hydrogen) atoms. The van der Waals surface area contributed by atoms with E-state index in [4.69, 9.17) is 4.74 Å². The van der Waals surface area contributed by atoms with E-state index in [0.29, 0.717) is 19.2 Å². The van der Waals surface area contributed by atoms with Crippen LogP contribution in [0.1, 0.15) is 22.8 Å². The van der Waals surface area contributed by atoms with E-state index >= 15 is 0 Å². The van der Waals surface area contributed by atoms with Crippen LogP contribution in [0.15, 0.2) is 48.5 Å². The summed E-state index contributed by atoms with van der Waals surface area (Å²) in [5.41, 5.74) is -12.4. The lowest BCUT2D eigenvalue weighted by Crippen LogP contribution is -2.72. The molecule has 0 aliphatic heterocycles. The Kier molecular flexibility index (Phi) is 8.51. The third kappa shape index (κ3) is 5.58. The van der Waals surface area contributed by atoms with Crippen LogP contribution in [0.4, 0.5) is 45.2 Å². The van der Waals surface area contributed by atoms with Gasteiger partial charge in [-0.15, -0.1) is 0 Å². The first-order valence-electron chi connectivity index (χ1n) is 10.3. The fourth-order valence-corrected chi connectivity index (χ4v) is 3.20. The van der Waals surface area contributed by atoms with Gasteiger partial charge in [0.25, 0.3) is 11.5 Å². The SMILES string of the molecule is CCOc1ccccc1C(=O)NC(Nc1ccc([C@@](O)(C(=O)OC)C(F)(F)F)cc1)(C(F)(F)F)C(F)(F)F. The normalized spacial score (nSPS) is 14.3. The number of amides is 1. The van der Waals surface area contributed by atoms with E-state index in [0.717, 1.165) is 28.8 Å². The summed E-state index contributed by atoms with van der Waals surface area (Å²) in [6, 6.07) is 5.66. The highest BCUT2D eigenvalue weighted by Crippen LogP contribution is 2.45. The van der Waals surface area contributed by atoms with E-state index in [1.165, 1.54) is 13.0 Å². The molecule has 2 aromatic carbocycles. The zero-order valence-corrected chi connectivity index (χ0v) is 19.3. The summed E-state index contributed by atoms with van der Waals surface area (Å²) in [5.74, 6) is -4.36. The zero-order chi connectivity index (χ0) is 29.2. The number of aliphatic hydroxyl groups is 1. The van der Waals surface area contributed by atoms with Crippen molar-refractivity contribution in [2.45, 2.75) is 36.7 Å². The van der Waals surface area contributed by atoms with Gasteiger partial charge in [0, 0.05) is 11.3 Å². The second-order valence-corrected chi connectivity index (χ2v) is 7.53. The molecule has 0 aromatic heterocycles. The molecule has 0 saturated carbocycles. The van der Waals surface area contributed by atoms with Gasteiger partial charge in [-0.25, -0.2) is 4.79 Å². The molecule has 0 bridgehead atoms. The van der Waals surface area contributed by atoms with Gasteiger partial charge in [-0.2, -0.15) is 39.5 Å². The van der Waals surface area contributed by atoms with Crippen molar-refractivity contribution in [3.05, 3.63) is 59.7 Å². The highest BCUT2D eigenvalue weighted by molar-refractivity contribution is 5.97. The van der Waals surface area contributed by atoms with Crippen LogP contribution in [0.5, 0.6) is 5.75 Å². The number of halogens is 9. The Morgan fingerprint density at radius 1 is 0.842 bits per heavy atom. The standard InChI is InChI=1S/C22H19F9N2O5/c1-3-38-15-7-5-4-6-14(15)16(34)33-19(21(26,27)28,22(29,30)31)32-13-10-8-12(9-11-13)18(36,17(35)37-2)20(23,24)25/h4-11,32,36H,3H2,1-2H3,(H,33,34)/t18-/m1/s1. The number of hydrogen-bond acceptors (Lipinski definition) is 6. The van der Waals surface area contributed by atoms with E-state index in [9.17, 15) is 54.2 Å². The number of carbonyl (C=O) groups is 2. The quantitative estimate of drug-likeness (QED) is 0.246. The fraction of sp³-hybridized carbons (Fsp3) is 0.364. The lowest BCUT2D eigenvalue weighted by atomic mass is 9.92. The smallest absolute Gasteiger partial charge is 0.439 e. The second kappa shape index (κ2) is 10.6. The van der Waals surface area contributed by atoms with Gasteiger partial charge >= 0.3 is 30.2 Å². The Morgan fingerprint density at radius 2 is 1.37 bits per heavy atom. The first-order chi connectivity index (χ1) is 17.4. The average molecular weight is 562 g/mol. The number of para-hydroxylation sites is 1. The van der Waals surface area contributed by atoms with Gasteiger partial charge in [-0.05, 0) is 31.2 Å². The maximum absolute atomic E-state index is 14.0. The van der Waals surface area contributed by atoms with Gasteiger partial charge in [-0.1, -0.05) is 24.3 Å². The highest BCUT2D eigenvalue weighted by atomic mass is 19.4. The molecule has 0 aliphatic rings. The van der Waals surface area contributed by atoms with Crippen LogP contribution >= 0.6 is 0 Å². The number of benzene rings is 2. The van der Waals surface area contributed by atoms with Gasteiger partial charge in [-0.3, -0.25) is 4.79 Å². The zero-order valence-electron chi connectivity index (χ0n) is 19.3. The van der Waals surface area contributed by atoms with Crippen LogP contribution in [0.3, 0.4) is 0 Å². The Labute approximate surface area is 208 Å². The molecule has 0 heterocycles. The second-order valence-electron chi connectivity index (χ2n) is 7.53. The van der Waals surface area contributed by atoms with E-state index < -0.39 is 58.5 Å². The van der Waals surface area contributed by atoms with Crippen LogP contribution in [0.25, 0.3) is 0 Å². The molecule has 0 unspecified atom stereocenters. The van der Waals surface area contributed by atoms with E-state index in [1.807, 2.05) is 0 Å². The lowest BCUT2D eigenvalue weighted by Gasteiger charge is -2.39. The molecule has 3 N–H and O–H groups in total. The highest BCUT2D eigenvalue weighted by Gasteiger charge is 2.73. The maximum atomic E-state index is 14.0. The molecule has 16 heteroatoms. The summed E-state index contributed by atoms with van der Waals surface area (Å²) < 4.78 is 133. The number of rotatable bonds is 8. The Bertz CT molecular complexity index is 1130. The maximum Gasteiger partial charge on any atom is 0.439 e. The van der Waals surface area contributed by atoms with E-state index in [1.54, 1.807) is 0 Å². The number of esters is 1. The molecular weight excluding hydrogens is 543 g/mol. The topological polar surface area (TPSA) is 96.9 Å². The molecule has 1 amide bonds. The number of ether oxygens (including phenoxy) is 2. The van der Waals surface area contributed by atoms with Crippen LogP contribution in [0, 0.1) is 0 Å². The molecule has 210 valence electrons. The van der Waals surface area contributed by atoms with Gasteiger partial charge in [0.1, 0.15) is 5.75 Å². The number of alkyl halides is 9. The summed E-state index contributed by atoms with van der Waals surface area (Å²) >= 11 is 0. The first-order valence-corrected chi connectivity index (χ1v) is 10.3. The number of methoxy groups -OCH3 is 1. The minimum atomic E-state index is -6.25. The van der Waals surface area contributed by atoms with Crippen molar-refractivity contribution in [2.24, 2.45) is 0 Å². The molecule has 0 radical (unpaired) electrons. The molecule has 0 aliphatic carbocycles. The minimum Gasteiger partial charge on any atom is -0.493 e. The van der Waals surface area contributed by atoms with Crippen LogP contribution in [0.2, 0.25) is 0 Å². The third-order valence-electron chi connectivity index (χ3n) is 5.11. The minimum absolute atomic E-state index is 0.0750. The Morgan fingerprint density at radius 3 is 1.82 bits per heavy atom. The van der Waals surface area contributed by atoms with Crippen molar-refractivity contribution >= 4 is 17.6 Å². The first kappa shape index (κ1) is 30.5. The molecule has 0 saturated heterocycles. The molecular formula is C22H19F9N2O5. The number of hydrogen-bond donors (Lipinski definition) is 3. The third-order valence-corrected chi connectivity index (χ3v) is 5.11. The van der Waals surface area contributed by atoms with Crippen molar-refractivity contribution < 1.29 is 63.7 Å². The Balaban J connectivity index is 2.58. The van der Waals surface area contributed by atoms with E-state index in [2.05, 4.69) is 4.74 Å². The van der Waals surface area contributed by atoms with Gasteiger partial charge in [0.05, 0.1) is 19.3 Å². The molecule has 2 rings (SSSR count). The average Bonchev–Trinajstić information content (AvgIpc) is 2.81. The van der Waals surface area contributed by atoms with Crippen LogP contribution in [-0.4, -0.2) is 54.9 Å². The van der Waals surface area contributed by atoms with Gasteiger partial charge in [0.2, 0.25) is 0 Å². The van der Waals surface area contributed by atoms with E-state index in [-0.39, 0.29) is 24.5 Å². The fourth-order valence-electron chi connectivity index (χ4n) is 3.20. The molecule has 0 fully saturated rings.